The zero-order valence-corrected chi connectivity index (χ0v) is 16.1. The van der Waals surface area contributed by atoms with Crippen LogP contribution in [0.15, 0.2) is 78.9 Å². The quantitative estimate of drug-likeness (QED) is 0.630. The van der Waals surface area contributed by atoms with Crippen LogP contribution < -0.4 is 10.1 Å². The van der Waals surface area contributed by atoms with Crippen molar-refractivity contribution in [3.05, 3.63) is 95.6 Å². The fourth-order valence-corrected chi connectivity index (χ4v) is 3.54. The molecule has 31 heavy (non-hydrogen) atoms. The van der Waals surface area contributed by atoms with E-state index < -0.39 is 24.1 Å². The lowest BCUT2D eigenvalue weighted by atomic mass is 10.0. The minimum Gasteiger partial charge on any atom is -0.406 e. The smallest absolute Gasteiger partial charge is 0.406 e. The maximum Gasteiger partial charge on any atom is 0.573 e. The fourth-order valence-electron chi connectivity index (χ4n) is 3.54. The molecule has 0 saturated carbocycles. The predicted octanol–water partition coefficient (Wildman–Crippen LogP) is 4.92. The number of rotatable bonds is 5. The molecular formula is C23H17F3N2O3. The molecule has 1 N–H and O–H groups in total. The Hall–Kier alpha value is -3.81. The third-order valence-electron chi connectivity index (χ3n) is 4.88. The number of anilines is 1. The molecule has 2 amide bonds. The van der Waals surface area contributed by atoms with Gasteiger partial charge < -0.3 is 15.0 Å². The molecule has 8 heteroatoms. The highest BCUT2D eigenvalue weighted by molar-refractivity contribution is 6.03. The van der Waals surface area contributed by atoms with E-state index in [0.717, 1.165) is 17.7 Å². The number of hydrogen-bond donors (Lipinski definition) is 1. The summed E-state index contributed by atoms with van der Waals surface area (Å²) in [5.41, 5.74) is 2.28. The molecule has 4 rings (SSSR count). The van der Waals surface area contributed by atoms with Gasteiger partial charge in [-0.1, -0.05) is 48.5 Å². The van der Waals surface area contributed by atoms with Gasteiger partial charge in [0.05, 0.1) is 0 Å². The van der Waals surface area contributed by atoms with Gasteiger partial charge in [-0.2, -0.15) is 0 Å². The molecule has 5 nitrogen and oxygen atoms in total. The molecule has 0 aromatic heterocycles. The average molecular weight is 426 g/mol. The summed E-state index contributed by atoms with van der Waals surface area (Å²) >= 11 is 0. The van der Waals surface area contributed by atoms with Gasteiger partial charge in [-0.25, -0.2) is 0 Å². The molecule has 0 unspecified atom stereocenters. The normalized spacial score (nSPS) is 14.2. The van der Waals surface area contributed by atoms with Crippen molar-refractivity contribution in [3.8, 4) is 5.75 Å². The van der Waals surface area contributed by atoms with Gasteiger partial charge in [-0.05, 0) is 41.5 Å². The van der Waals surface area contributed by atoms with Crippen molar-refractivity contribution in [2.75, 3.05) is 5.32 Å². The maximum atomic E-state index is 13.2. The molecule has 0 radical (unpaired) electrons. The van der Waals surface area contributed by atoms with Crippen LogP contribution in [0.4, 0.5) is 18.9 Å². The predicted molar refractivity (Wildman–Crippen MR) is 107 cm³/mol. The van der Waals surface area contributed by atoms with E-state index in [1.165, 1.54) is 17.0 Å². The van der Waals surface area contributed by atoms with Crippen molar-refractivity contribution in [1.82, 2.24) is 4.90 Å². The van der Waals surface area contributed by atoms with E-state index in [2.05, 4.69) is 10.1 Å². The molecule has 1 heterocycles. The molecule has 0 saturated heterocycles. The van der Waals surface area contributed by atoms with E-state index in [9.17, 15) is 22.8 Å². The summed E-state index contributed by atoms with van der Waals surface area (Å²) in [5.74, 6) is -1.12. The second-order valence-corrected chi connectivity index (χ2v) is 6.96. The zero-order chi connectivity index (χ0) is 22.0. The summed E-state index contributed by atoms with van der Waals surface area (Å²) in [4.78, 5) is 27.6. The van der Waals surface area contributed by atoms with E-state index in [-0.39, 0.29) is 18.1 Å². The van der Waals surface area contributed by atoms with E-state index in [1.54, 1.807) is 42.5 Å². The first-order chi connectivity index (χ1) is 14.8. The second kappa shape index (κ2) is 8.14. The van der Waals surface area contributed by atoms with Gasteiger partial charge in [0.2, 0.25) is 0 Å². The number of carbonyl (C=O) groups is 2. The summed E-state index contributed by atoms with van der Waals surface area (Å²) in [6.07, 6.45) is -4.80. The van der Waals surface area contributed by atoms with Crippen molar-refractivity contribution >= 4 is 17.5 Å². The standard InChI is InChI=1S/C23H17F3N2O3/c24-23(25,26)31-18-12-10-17(11-13-18)27-21(29)20(15-6-2-1-3-7-15)28-14-16-8-4-5-9-19(16)22(28)30/h1-13,20H,14H2,(H,27,29)/t20-/m1/s1. The Morgan fingerprint density at radius 3 is 2.23 bits per heavy atom. The molecule has 3 aromatic rings. The number of hydrogen-bond acceptors (Lipinski definition) is 3. The van der Waals surface area contributed by atoms with Gasteiger partial charge in [0.15, 0.2) is 0 Å². The number of alkyl halides is 3. The van der Waals surface area contributed by atoms with Crippen LogP contribution in [0.2, 0.25) is 0 Å². The number of amides is 2. The van der Waals surface area contributed by atoms with E-state index >= 15 is 0 Å². The second-order valence-electron chi connectivity index (χ2n) is 6.96. The molecule has 1 aliphatic heterocycles. The highest BCUT2D eigenvalue weighted by Crippen LogP contribution is 2.32. The van der Waals surface area contributed by atoms with Gasteiger partial charge in [0.1, 0.15) is 11.8 Å². The van der Waals surface area contributed by atoms with Gasteiger partial charge in [0, 0.05) is 17.8 Å². The van der Waals surface area contributed by atoms with Crippen molar-refractivity contribution < 1.29 is 27.5 Å². The minimum absolute atomic E-state index is 0.256. The Labute approximate surface area is 176 Å². The topological polar surface area (TPSA) is 58.6 Å². The van der Waals surface area contributed by atoms with Gasteiger partial charge >= 0.3 is 6.36 Å². The first-order valence-corrected chi connectivity index (χ1v) is 9.42. The number of carbonyl (C=O) groups excluding carboxylic acids is 2. The van der Waals surface area contributed by atoms with Gasteiger partial charge in [0.25, 0.3) is 11.8 Å². The monoisotopic (exact) mass is 426 g/mol. The SMILES string of the molecule is O=C(Nc1ccc(OC(F)(F)F)cc1)[C@@H](c1ccccc1)N1Cc2ccccc2C1=O. The number of halogens is 3. The fraction of sp³-hybridized carbons (Fsp3) is 0.130. The van der Waals surface area contributed by atoms with Crippen LogP contribution in [0.25, 0.3) is 0 Å². The Morgan fingerprint density at radius 2 is 1.58 bits per heavy atom. The Kier molecular flexibility index (Phi) is 5.37. The molecule has 0 aliphatic carbocycles. The van der Waals surface area contributed by atoms with Gasteiger partial charge in [-0.15, -0.1) is 13.2 Å². The lowest BCUT2D eigenvalue weighted by molar-refractivity contribution is -0.274. The molecule has 1 atom stereocenters. The van der Waals surface area contributed by atoms with E-state index in [4.69, 9.17) is 0 Å². The Balaban J connectivity index is 1.58. The summed E-state index contributed by atoms with van der Waals surface area (Å²) in [6, 6.07) is 19.9. The first kappa shape index (κ1) is 20.5. The minimum atomic E-state index is -4.80. The number of fused-ring (bicyclic) bond motifs is 1. The third-order valence-corrected chi connectivity index (χ3v) is 4.88. The van der Waals surface area contributed by atoms with Crippen LogP contribution in [-0.4, -0.2) is 23.1 Å². The number of benzene rings is 3. The van der Waals surface area contributed by atoms with E-state index in [1.807, 2.05) is 12.1 Å². The number of nitrogens with one attached hydrogen (secondary N) is 1. The van der Waals surface area contributed by atoms with E-state index in [0.29, 0.717) is 11.1 Å². The zero-order valence-electron chi connectivity index (χ0n) is 16.1. The van der Waals surface area contributed by atoms with Crippen LogP contribution >= 0.6 is 0 Å². The maximum absolute atomic E-state index is 13.2. The summed E-state index contributed by atoms with van der Waals surface area (Å²) in [7, 11) is 0. The summed E-state index contributed by atoms with van der Waals surface area (Å²) < 4.78 is 40.9. The third kappa shape index (κ3) is 4.53. The lowest BCUT2D eigenvalue weighted by Gasteiger charge is -2.27. The molecule has 0 spiro atoms. The van der Waals surface area contributed by atoms with Crippen LogP contribution in [0.3, 0.4) is 0 Å². The van der Waals surface area contributed by atoms with Crippen LogP contribution in [0, 0.1) is 0 Å². The highest BCUT2D eigenvalue weighted by Gasteiger charge is 2.37. The number of ether oxygens (including phenoxy) is 1. The number of nitrogens with zero attached hydrogens (tertiary/aromatic N) is 1. The molecule has 0 fully saturated rings. The van der Waals surface area contributed by atoms with Crippen molar-refractivity contribution in [2.45, 2.75) is 18.9 Å². The molecule has 0 bridgehead atoms. The van der Waals surface area contributed by atoms with Crippen LogP contribution in [-0.2, 0) is 11.3 Å². The van der Waals surface area contributed by atoms with Crippen LogP contribution in [0.1, 0.15) is 27.5 Å². The Bertz CT molecular complexity index is 1100. The highest BCUT2D eigenvalue weighted by atomic mass is 19.4. The van der Waals surface area contributed by atoms with Crippen molar-refractivity contribution in [2.24, 2.45) is 0 Å². The van der Waals surface area contributed by atoms with Crippen molar-refractivity contribution in [3.63, 3.8) is 0 Å². The lowest BCUT2D eigenvalue weighted by Crippen LogP contribution is -2.37. The summed E-state index contributed by atoms with van der Waals surface area (Å²) in [5, 5.41) is 2.69. The largest absolute Gasteiger partial charge is 0.573 e. The first-order valence-electron chi connectivity index (χ1n) is 9.42. The summed E-state index contributed by atoms with van der Waals surface area (Å²) in [6.45, 7) is 0.278. The average Bonchev–Trinajstić information content (AvgIpc) is 3.06. The van der Waals surface area contributed by atoms with Crippen molar-refractivity contribution in [1.29, 1.82) is 0 Å². The molecule has 158 valence electrons. The Morgan fingerprint density at radius 1 is 0.935 bits per heavy atom. The van der Waals surface area contributed by atoms with Gasteiger partial charge in [-0.3, -0.25) is 9.59 Å². The molecule has 1 aliphatic rings. The molecular weight excluding hydrogens is 409 g/mol. The molecule has 3 aromatic carbocycles. The van der Waals surface area contributed by atoms with Crippen LogP contribution in [0.5, 0.6) is 5.75 Å².